The van der Waals surface area contributed by atoms with Crippen molar-refractivity contribution in [1.82, 2.24) is 14.9 Å². The van der Waals surface area contributed by atoms with Crippen molar-refractivity contribution >= 4 is 17.0 Å². The third-order valence-electron chi connectivity index (χ3n) is 4.38. The minimum Gasteiger partial charge on any atom is -0.378 e. The monoisotopic (exact) mass is 316 g/mol. The van der Waals surface area contributed by atoms with Gasteiger partial charge in [-0.05, 0) is 38.9 Å². The lowest BCUT2D eigenvalue weighted by Gasteiger charge is -2.18. The molecule has 4 nitrogen and oxygen atoms in total. The standard InChI is InChI=1S/C17H24N4S/c1-12-7-15(20(3)4)8-16(19-12)14-5-6-21(9-14)10-17-13(2)18-11-22-17/h7-8,11,14H,5-6,9-10H2,1-4H3/t14-/m1/s1. The summed E-state index contributed by atoms with van der Waals surface area (Å²) in [7, 11) is 4.18. The molecule has 1 saturated heterocycles. The van der Waals surface area contributed by atoms with Crippen LogP contribution in [0.2, 0.25) is 0 Å². The molecule has 0 unspecified atom stereocenters. The fourth-order valence-electron chi connectivity index (χ4n) is 3.04. The van der Waals surface area contributed by atoms with Crippen molar-refractivity contribution in [3.8, 4) is 0 Å². The summed E-state index contributed by atoms with van der Waals surface area (Å²) in [5, 5.41) is 0. The van der Waals surface area contributed by atoms with Crippen LogP contribution in [0.4, 0.5) is 5.69 Å². The maximum Gasteiger partial charge on any atom is 0.0798 e. The molecule has 1 fully saturated rings. The van der Waals surface area contributed by atoms with Crippen LogP contribution in [0.3, 0.4) is 0 Å². The topological polar surface area (TPSA) is 32.3 Å². The van der Waals surface area contributed by atoms with Gasteiger partial charge in [0.05, 0.1) is 11.2 Å². The second-order valence-electron chi connectivity index (χ2n) is 6.37. The minimum atomic E-state index is 0.548. The van der Waals surface area contributed by atoms with Crippen LogP contribution in [0.5, 0.6) is 0 Å². The highest BCUT2D eigenvalue weighted by Crippen LogP contribution is 2.30. The molecule has 0 bridgehead atoms. The van der Waals surface area contributed by atoms with E-state index in [9.17, 15) is 0 Å². The van der Waals surface area contributed by atoms with Crippen molar-refractivity contribution in [3.63, 3.8) is 0 Å². The molecule has 2 aromatic rings. The second kappa shape index (κ2) is 6.34. The summed E-state index contributed by atoms with van der Waals surface area (Å²) in [5.41, 5.74) is 6.73. The fourth-order valence-corrected chi connectivity index (χ4v) is 3.86. The number of nitrogens with zero attached hydrogens (tertiary/aromatic N) is 4. The van der Waals surface area contributed by atoms with E-state index in [1.54, 1.807) is 11.3 Å². The molecule has 0 spiro atoms. The van der Waals surface area contributed by atoms with Gasteiger partial charge in [0, 0.05) is 55.1 Å². The number of hydrogen-bond acceptors (Lipinski definition) is 5. The molecule has 5 heteroatoms. The van der Waals surface area contributed by atoms with Crippen LogP contribution in [0.1, 0.15) is 34.3 Å². The van der Waals surface area contributed by atoms with Crippen LogP contribution >= 0.6 is 11.3 Å². The molecular formula is C17H24N4S. The molecule has 0 saturated carbocycles. The van der Waals surface area contributed by atoms with E-state index < -0.39 is 0 Å². The van der Waals surface area contributed by atoms with Gasteiger partial charge >= 0.3 is 0 Å². The maximum atomic E-state index is 4.78. The zero-order chi connectivity index (χ0) is 15.7. The van der Waals surface area contributed by atoms with Crippen LogP contribution in [0, 0.1) is 13.8 Å². The number of aromatic nitrogens is 2. The normalized spacial score (nSPS) is 18.8. The van der Waals surface area contributed by atoms with Gasteiger partial charge in [0.2, 0.25) is 0 Å². The van der Waals surface area contributed by atoms with Crippen LogP contribution < -0.4 is 4.90 Å². The lowest BCUT2D eigenvalue weighted by atomic mass is 10.0. The van der Waals surface area contributed by atoms with Crippen molar-refractivity contribution in [2.24, 2.45) is 0 Å². The first-order chi connectivity index (χ1) is 10.5. The van der Waals surface area contributed by atoms with Gasteiger partial charge in [-0.25, -0.2) is 4.98 Å². The summed E-state index contributed by atoms with van der Waals surface area (Å²) in [4.78, 5) is 15.2. The Bertz CT molecular complexity index is 650. The molecule has 3 rings (SSSR count). The Labute approximate surface area is 136 Å². The summed E-state index contributed by atoms with van der Waals surface area (Å²) < 4.78 is 0. The summed E-state index contributed by atoms with van der Waals surface area (Å²) in [6.45, 7) is 7.46. The molecule has 0 radical (unpaired) electrons. The van der Waals surface area contributed by atoms with Gasteiger partial charge in [-0.15, -0.1) is 11.3 Å². The van der Waals surface area contributed by atoms with Gasteiger partial charge < -0.3 is 4.90 Å². The second-order valence-corrected chi connectivity index (χ2v) is 7.31. The summed E-state index contributed by atoms with van der Waals surface area (Å²) in [6.07, 6.45) is 1.20. The highest BCUT2D eigenvalue weighted by molar-refractivity contribution is 7.09. The van der Waals surface area contributed by atoms with E-state index >= 15 is 0 Å². The Morgan fingerprint density at radius 3 is 2.82 bits per heavy atom. The van der Waals surface area contributed by atoms with E-state index in [2.05, 4.69) is 54.9 Å². The van der Waals surface area contributed by atoms with Crippen molar-refractivity contribution < 1.29 is 0 Å². The zero-order valence-corrected chi connectivity index (χ0v) is 14.7. The molecule has 22 heavy (non-hydrogen) atoms. The third-order valence-corrected chi connectivity index (χ3v) is 5.30. The number of hydrogen-bond donors (Lipinski definition) is 0. The van der Waals surface area contributed by atoms with Gasteiger partial charge in [-0.1, -0.05) is 0 Å². The quantitative estimate of drug-likeness (QED) is 0.867. The average molecular weight is 316 g/mol. The lowest BCUT2D eigenvalue weighted by Crippen LogP contribution is -2.20. The number of thiazole rings is 1. The van der Waals surface area contributed by atoms with E-state index in [4.69, 9.17) is 4.98 Å². The van der Waals surface area contributed by atoms with Crippen molar-refractivity contribution in [2.75, 3.05) is 32.1 Å². The maximum absolute atomic E-state index is 4.78. The van der Waals surface area contributed by atoms with Crippen molar-refractivity contribution in [3.05, 3.63) is 39.6 Å². The van der Waals surface area contributed by atoms with Gasteiger partial charge in [0.1, 0.15) is 0 Å². The first-order valence-electron chi connectivity index (χ1n) is 7.80. The fraction of sp³-hybridized carbons (Fsp3) is 0.529. The zero-order valence-electron chi connectivity index (χ0n) is 13.8. The van der Waals surface area contributed by atoms with E-state index in [0.717, 1.165) is 25.3 Å². The van der Waals surface area contributed by atoms with Gasteiger partial charge in [-0.3, -0.25) is 9.88 Å². The predicted molar refractivity (Wildman–Crippen MR) is 92.8 cm³/mol. The summed E-state index contributed by atoms with van der Waals surface area (Å²) >= 11 is 1.77. The molecule has 1 aliphatic heterocycles. The van der Waals surface area contributed by atoms with E-state index in [-0.39, 0.29) is 0 Å². The van der Waals surface area contributed by atoms with E-state index in [1.165, 1.54) is 28.4 Å². The number of aryl methyl sites for hydroxylation is 2. The summed E-state index contributed by atoms with van der Waals surface area (Å²) in [5.74, 6) is 0.548. The molecule has 2 aromatic heterocycles. The first kappa shape index (κ1) is 15.4. The Balaban J connectivity index is 1.71. The third kappa shape index (κ3) is 3.31. The SMILES string of the molecule is Cc1cc(N(C)C)cc([C@@H]2CCN(Cc3scnc3C)C2)n1. The number of likely N-dealkylation sites (tertiary alicyclic amines) is 1. The largest absolute Gasteiger partial charge is 0.378 e. The van der Waals surface area contributed by atoms with E-state index in [0.29, 0.717) is 5.92 Å². The van der Waals surface area contributed by atoms with Crippen LogP contribution in [-0.2, 0) is 6.54 Å². The Kier molecular flexibility index (Phi) is 4.45. The molecule has 0 amide bonds. The van der Waals surface area contributed by atoms with Crippen LogP contribution in [0.25, 0.3) is 0 Å². The molecule has 1 atom stereocenters. The average Bonchev–Trinajstić information content (AvgIpc) is 3.09. The lowest BCUT2D eigenvalue weighted by molar-refractivity contribution is 0.328. The molecule has 118 valence electrons. The molecule has 1 aliphatic rings. The van der Waals surface area contributed by atoms with Crippen molar-refractivity contribution in [2.45, 2.75) is 32.7 Å². The van der Waals surface area contributed by atoms with Crippen molar-refractivity contribution in [1.29, 1.82) is 0 Å². The highest BCUT2D eigenvalue weighted by atomic mass is 32.1. The smallest absolute Gasteiger partial charge is 0.0798 e. The highest BCUT2D eigenvalue weighted by Gasteiger charge is 2.26. The Morgan fingerprint density at radius 2 is 2.14 bits per heavy atom. The number of pyridine rings is 1. The number of anilines is 1. The van der Waals surface area contributed by atoms with Gasteiger partial charge in [0.15, 0.2) is 0 Å². The van der Waals surface area contributed by atoms with Gasteiger partial charge in [-0.2, -0.15) is 0 Å². The minimum absolute atomic E-state index is 0.548. The molecule has 0 aromatic carbocycles. The number of rotatable bonds is 4. The molecule has 0 aliphatic carbocycles. The molecule has 0 N–H and O–H groups in total. The Hall–Kier alpha value is -1.46. The van der Waals surface area contributed by atoms with Crippen LogP contribution in [-0.4, -0.2) is 42.1 Å². The summed E-state index contributed by atoms with van der Waals surface area (Å²) in [6, 6.07) is 4.40. The molecule has 3 heterocycles. The molecular weight excluding hydrogens is 292 g/mol. The Morgan fingerprint density at radius 1 is 1.32 bits per heavy atom. The first-order valence-corrected chi connectivity index (χ1v) is 8.68. The predicted octanol–water partition coefficient (Wildman–Crippen LogP) is 3.21. The van der Waals surface area contributed by atoms with Crippen LogP contribution in [0.15, 0.2) is 17.6 Å². The van der Waals surface area contributed by atoms with Gasteiger partial charge in [0.25, 0.3) is 0 Å². The van der Waals surface area contributed by atoms with E-state index in [1.807, 2.05) is 5.51 Å².